The van der Waals surface area contributed by atoms with Crippen molar-refractivity contribution in [1.29, 1.82) is 0 Å². The predicted molar refractivity (Wildman–Crippen MR) is 101 cm³/mol. The van der Waals surface area contributed by atoms with Crippen LogP contribution < -0.4 is 5.19 Å². The van der Waals surface area contributed by atoms with Crippen molar-refractivity contribution in [2.24, 2.45) is 0 Å². The third kappa shape index (κ3) is 2.34. The summed E-state index contributed by atoms with van der Waals surface area (Å²) in [7, 11) is -0.858. The van der Waals surface area contributed by atoms with Crippen LogP contribution in [-0.4, -0.2) is 8.80 Å². The molecule has 23 heavy (non-hydrogen) atoms. The maximum atomic E-state index is 2.47. The minimum absolute atomic E-state index is 0. The molecule has 0 saturated carbocycles. The molecule has 0 fully saturated rings. The molecule has 2 aromatic carbocycles. The van der Waals surface area contributed by atoms with Gasteiger partial charge in [-0.15, -0.1) is 0 Å². The second-order valence-electron chi connectivity index (χ2n) is 6.93. The van der Waals surface area contributed by atoms with Gasteiger partial charge < -0.3 is 2.85 Å². The zero-order valence-corrected chi connectivity index (χ0v) is 18.7. The van der Waals surface area contributed by atoms with Gasteiger partial charge in [-0.25, -0.2) is 0 Å². The van der Waals surface area contributed by atoms with E-state index in [1.165, 1.54) is 41.1 Å². The van der Waals surface area contributed by atoms with E-state index in [2.05, 4.69) is 68.6 Å². The zero-order chi connectivity index (χ0) is 16.1. The van der Waals surface area contributed by atoms with Crippen molar-refractivity contribution in [2.75, 3.05) is 0 Å². The second kappa shape index (κ2) is 5.82. The van der Waals surface area contributed by atoms with Crippen molar-refractivity contribution >= 4 is 19.6 Å². The Bertz CT molecular complexity index is 868. The molecule has 1 unspecified atom stereocenters. The van der Waals surface area contributed by atoms with E-state index in [4.69, 9.17) is 0 Å². The molecular weight excluding hydrogens is 459 g/mol. The Morgan fingerprint density at radius 1 is 1.09 bits per heavy atom. The van der Waals surface area contributed by atoms with Gasteiger partial charge in [0, 0.05) is 0 Å². The first kappa shape index (κ1) is 15.5. The molecule has 2 heteroatoms. The fourth-order valence-electron chi connectivity index (χ4n) is 4.05. The third-order valence-corrected chi connectivity index (χ3v) is 9.10. The van der Waals surface area contributed by atoms with Gasteiger partial charge in [0.2, 0.25) is 0 Å². The van der Waals surface area contributed by atoms with Crippen molar-refractivity contribution in [1.82, 2.24) is 0 Å². The number of hydrogen-bond acceptors (Lipinski definition) is 0. The third-order valence-electron chi connectivity index (χ3n) is 5.22. The smallest absolute Gasteiger partial charge is 1.00 e. The van der Waals surface area contributed by atoms with Crippen LogP contribution in [0.1, 0.15) is 36.6 Å². The number of rotatable bonds is 2. The first-order valence-electron chi connectivity index (χ1n) is 8.43. The summed E-state index contributed by atoms with van der Waals surface area (Å²) >= 11 is 1.19. The normalized spacial score (nSPS) is 18.8. The van der Waals surface area contributed by atoms with Crippen LogP contribution in [0.5, 0.6) is 0 Å². The first-order valence-corrected chi connectivity index (χ1v) is 13.4. The monoisotopic (exact) mass is 483 g/mol. The van der Waals surface area contributed by atoms with Gasteiger partial charge in [0.25, 0.3) is 0 Å². The molecule has 1 atom stereocenters. The number of fused-ring (bicyclic) bond motifs is 3. The molecule has 2 aromatic rings. The topological polar surface area (TPSA) is 0 Å². The summed E-state index contributed by atoms with van der Waals surface area (Å²) in [5.74, 6) is 0. The second-order valence-corrected chi connectivity index (χ2v) is 11.9. The Kier molecular flexibility index (Phi) is 3.93. The minimum Gasteiger partial charge on any atom is -1.00 e. The molecular formula is C21H23HfSi. The van der Waals surface area contributed by atoms with Crippen molar-refractivity contribution in [3.8, 4) is 11.1 Å². The molecule has 115 valence electrons. The van der Waals surface area contributed by atoms with Crippen molar-refractivity contribution in [3.63, 3.8) is 0 Å². The Morgan fingerprint density at radius 3 is 2.57 bits per heavy atom. The molecule has 0 radical (unpaired) electrons. The summed E-state index contributed by atoms with van der Waals surface area (Å²) in [5.41, 5.74) is 10.9. The van der Waals surface area contributed by atoms with E-state index in [1.807, 2.05) is 0 Å². The predicted octanol–water partition coefficient (Wildman–Crippen LogP) is 4.96. The first-order chi connectivity index (χ1) is 11.1. The molecule has 2 aliphatic carbocycles. The number of allylic oxidation sites excluding steroid dienone is 4. The standard InChI is InChI=1S/C21H21Si.Hf.2H/c1-14-7-6-10-16(14)21-19-13-15-8-4-5-9-17(15)18(19)11-12-20(21)22(2)3;;;/h4-9,11-13,22H,10H2,1-3H3;;;/q;+2;2*-1. The Morgan fingerprint density at radius 2 is 1.87 bits per heavy atom. The molecule has 0 N–H and O–H groups in total. The molecule has 0 bridgehead atoms. The molecule has 0 heterocycles. The van der Waals surface area contributed by atoms with Crippen LogP contribution in [0.2, 0.25) is 13.1 Å². The summed E-state index contributed by atoms with van der Waals surface area (Å²) in [6.07, 6.45) is 5.76. The summed E-state index contributed by atoms with van der Waals surface area (Å²) in [6.45, 7) is 7.22. The van der Waals surface area contributed by atoms with E-state index in [0.29, 0.717) is 3.67 Å². The van der Waals surface area contributed by atoms with Gasteiger partial charge in [-0.05, 0) is 0 Å². The van der Waals surface area contributed by atoms with Crippen LogP contribution in [0.3, 0.4) is 0 Å². The zero-order valence-electron chi connectivity index (χ0n) is 16.0. The Hall–Kier alpha value is -0.993. The molecule has 0 saturated heterocycles. The van der Waals surface area contributed by atoms with Crippen molar-refractivity contribution in [2.45, 2.75) is 30.1 Å². The average molecular weight is 482 g/mol. The molecule has 0 aromatic heterocycles. The Balaban J connectivity index is 0.00000113. The minimum atomic E-state index is -0.858. The van der Waals surface area contributed by atoms with E-state index in [1.54, 1.807) is 27.5 Å². The summed E-state index contributed by atoms with van der Waals surface area (Å²) in [5, 5.41) is 1.66. The van der Waals surface area contributed by atoms with E-state index >= 15 is 0 Å². The average Bonchev–Trinajstić information content (AvgIpc) is 3.09. The number of benzene rings is 2. The van der Waals surface area contributed by atoms with Gasteiger partial charge in [-0.1, -0.05) is 0 Å². The van der Waals surface area contributed by atoms with Gasteiger partial charge in [-0.2, -0.15) is 0 Å². The SMILES string of the molecule is CC1=C(c2c([SiH](C)C)ccc3c2[CH]([Hf+2])c2ccccc2-3)CC=C1.[H-].[H-]. The molecule has 0 amide bonds. The van der Waals surface area contributed by atoms with Crippen LogP contribution in [0.4, 0.5) is 0 Å². The van der Waals surface area contributed by atoms with Crippen LogP contribution in [-0.2, 0) is 24.4 Å². The van der Waals surface area contributed by atoms with E-state index < -0.39 is 8.80 Å². The summed E-state index contributed by atoms with van der Waals surface area (Å²) < 4.78 is 0.643. The van der Waals surface area contributed by atoms with Gasteiger partial charge >= 0.3 is 156 Å². The molecule has 0 aliphatic heterocycles. The maximum Gasteiger partial charge on any atom is -1.00 e. The molecule has 0 nitrogen and oxygen atoms in total. The van der Waals surface area contributed by atoms with Crippen LogP contribution in [0, 0.1) is 0 Å². The summed E-state index contributed by atoms with van der Waals surface area (Å²) in [4.78, 5) is 0. The fourth-order valence-corrected chi connectivity index (χ4v) is 7.42. The summed E-state index contributed by atoms with van der Waals surface area (Å²) in [6, 6.07) is 13.9. The van der Waals surface area contributed by atoms with Gasteiger partial charge in [0.15, 0.2) is 0 Å². The fraction of sp³-hybridized carbons (Fsp3) is 0.238. The largest absolute Gasteiger partial charge is 1.00 e. The van der Waals surface area contributed by atoms with Crippen LogP contribution in [0.15, 0.2) is 54.1 Å². The van der Waals surface area contributed by atoms with Crippen LogP contribution in [0.25, 0.3) is 16.7 Å². The van der Waals surface area contributed by atoms with Crippen molar-refractivity contribution < 1.29 is 27.2 Å². The van der Waals surface area contributed by atoms with E-state index in [-0.39, 0.29) is 2.85 Å². The maximum absolute atomic E-state index is 2.47. The van der Waals surface area contributed by atoms with Gasteiger partial charge in [-0.3, -0.25) is 0 Å². The Labute approximate surface area is 158 Å². The van der Waals surface area contributed by atoms with Gasteiger partial charge in [0.05, 0.1) is 0 Å². The van der Waals surface area contributed by atoms with Gasteiger partial charge in [0.1, 0.15) is 0 Å². The molecule has 4 rings (SSSR count). The van der Waals surface area contributed by atoms with Crippen molar-refractivity contribution in [3.05, 3.63) is 70.8 Å². The van der Waals surface area contributed by atoms with Crippen LogP contribution >= 0.6 is 0 Å². The quantitative estimate of drug-likeness (QED) is 0.532. The molecule has 2 aliphatic rings. The van der Waals surface area contributed by atoms with E-state index in [9.17, 15) is 0 Å². The van der Waals surface area contributed by atoms with E-state index in [0.717, 1.165) is 6.42 Å². The molecule has 0 spiro atoms. The number of hydrogen-bond donors (Lipinski definition) is 0.